The third-order valence-corrected chi connectivity index (χ3v) is 3.56. The van der Waals surface area contributed by atoms with E-state index in [1.807, 2.05) is 0 Å². The Labute approximate surface area is 120 Å². The highest BCUT2D eigenvalue weighted by Crippen LogP contribution is 2.14. The van der Waals surface area contributed by atoms with Gasteiger partial charge in [-0.2, -0.15) is 0 Å². The second kappa shape index (κ2) is 5.58. The van der Waals surface area contributed by atoms with Gasteiger partial charge >= 0.3 is 0 Å². The number of rotatable bonds is 3. The van der Waals surface area contributed by atoms with E-state index in [4.69, 9.17) is 16.7 Å². The first-order chi connectivity index (χ1) is 9.36. The molecule has 104 valence electrons. The summed E-state index contributed by atoms with van der Waals surface area (Å²) in [5.74, 6) is -0.448. The van der Waals surface area contributed by atoms with E-state index in [1.54, 1.807) is 6.07 Å². The molecule has 20 heavy (non-hydrogen) atoms. The van der Waals surface area contributed by atoms with E-state index < -0.39 is 15.9 Å². The number of sulfonamides is 1. The second-order valence-corrected chi connectivity index (χ2v) is 5.88. The van der Waals surface area contributed by atoms with Crippen molar-refractivity contribution in [3.63, 3.8) is 0 Å². The van der Waals surface area contributed by atoms with E-state index in [1.165, 1.54) is 36.5 Å². The van der Waals surface area contributed by atoms with E-state index >= 15 is 0 Å². The van der Waals surface area contributed by atoms with Crippen molar-refractivity contribution in [3.05, 3.63) is 53.3 Å². The zero-order valence-electron chi connectivity index (χ0n) is 10.1. The number of nitrogens with two attached hydrogens (primary N) is 1. The van der Waals surface area contributed by atoms with Crippen LogP contribution in [-0.4, -0.2) is 19.3 Å². The molecule has 3 N–H and O–H groups in total. The van der Waals surface area contributed by atoms with Gasteiger partial charge < -0.3 is 5.32 Å². The molecule has 0 aliphatic carbocycles. The first-order valence-corrected chi connectivity index (χ1v) is 7.34. The van der Waals surface area contributed by atoms with Crippen LogP contribution in [0.15, 0.2) is 47.5 Å². The number of aromatic nitrogens is 1. The van der Waals surface area contributed by atoms with E-state index in [0.29, 0.717) is 10.7 Å². The predicted octanol–water partition coefficient (Wildman–Crippen LogP) is 1.63. The Bertz CT molecular complexity index is 745. The molecule has 0 atom stereocenters. The van der Waals surface area contributed by atoms with Gasteiger partial charge in [-0.25, -0.2) is 13.6 Å². The average molecular weight is 312 g/mol. The maximum Gasteiger partial charge on any atom is 0.274 e. The maximum absolute atomic E-state index is 11.9. The standard InChI is InChI=1S/C12H10ClN3O3S/c13-8-5-6-15-11(7-8)12(17)16-9-1-3-10(4-2-9)20(14,18)19/h1-7H,(H,16,17)(H2,14,18,19). The average Bonchev–Trinajstić information content (AvgIpc) is 2.38. The number of amides is 1. The van der Waals surface area contributed by atoms with Gasteiger partial charge in [-0.3, -0.25) is 9.78 Å². The monoisotopic (exact) mass is 311 g/mol. The number of halogens is 1. The Morgan fingerprint density at radius 2 is 1.85 bits per heavy atom. The molecule has 2 aromatic rings. The first-order valence-electron chi connectivity index (χ1n) is 5.42. The van der Waals surface area contributed by atoms with Crippen molar-refractivity contribution >= 4 is 33.2 Å². The lowest BCUT2D eigenvalue weighted by Crippen LogP contribution is -2.14. The number of primary sulfonamides is 1. The number of carbonyl (C=O) groups is 1. The van der Waals surface area contributed by atoms with Gasteiger partial charge in [0.25, 0.3) is 5.91 Å². The number of hydrogen-bond donors (Lipinski definition) is 2. The number of anilines is 1. The maximum atomic E-state index is 11.9. The molecule has 0 radical (unpaired) electrons. The summed E-state index contributed by atoms with van der Waals surface area (Å²) in [6.45, 7) is 0. The number of pyridine rings is 1. The lowest BCUT2D eigenvalue weighted by molar-refractivity contribution is 0.102. The van der Waals surface area contributed by atoms with Crippen LogP contribution in [0.5, 0.6) is 0 Å². The highest BCUT2D eigenvalue weighted by atomic mass is 35.5. The van der Waals surface area contributed by atoms with Gasteiger partial charge in [0.1, 0.15) is 5.69 Å². The van der Waals surface area contributed by atoms with Crippen LogP contribution in [0.3, 0.4) is 0 Å². The van der Waals surface area contributed by atoms with E-state index in [0.717, 1.165) is 0 Å². The van der Waals surface area contributed by atoms with Crippen LogP contribution < -0.4 is 10.5 Å². The van der Waals surface area contributed by atoms with Crippen molar-refractivity contribution < 1.29 is 13.2 Å². The van der Waals surface area contributed by atoms with Crippen LogP contribution in [0.25, 0.3) is 0 Å². The zero-order valence-corrected chi connectivity index (χ0v) is 11.6. The van der Waals surface area contributed by atoms with E-state index in [2.05, 4.69) is 10.3 Å². The summed E-state index contributed by atoms with van der Waals surface area (Å²) in [6, 6.07) is 8.45. The van der Waals surface area contributed by atoms with Crippen LogP contribution in [0, 0.1) is 0 Å². The molecule has 0 unspecified atom stereocenters. The van der Waals surface area contributed by atoms with Crippen LogP contribution in [-0.2, 0) is 10.0 Å². The molecular weight excluding hydrogens is 302 g/mol. The summed E-state index contributed by atoms with van der Waals surface area (Å²) in [5.41, 5.74) is 0.581. The van der Waals surface area contributed by atoms with Crippen molar-refractivity contribution in [1.29, 1.82) is 0 Å². The normalized spacial score (nSPS) is 11.1. The minimum atomic E-state index is -3.75. The molecule has 0 saturated carbocycles. The van der Waals surface area contributed by atoms with Gasteiger partial charge in [0, 0.05) is 16.9 Å². The molecule has 8 heteroatoms. The largest absolute Gasteiger partial charge is 0.321 e. The highest BCUT2D eigenvalue weighted by molar-refractivity contribution is 7.89. The molecule has 0 spiro atoms. The Balaban J connectivity index is 2.16. The molecular formula is C12H10ClN3O3S. The van der Waals surface area contributed by atoms with Crippen molar-refractivity contribution in [2.75, 3.05) is 5.32 Å². The van der Waals surface area contributed by atoms with Gasteiger partial charge in [-0.05, 0) is 36.4 Å². The minimum absolute atomic E-state index is 0.0311. The van der Waals surface area contributed by atoms with Crippen LogP contribution >= 0.6 is 11.6 Å². The first kappa shape index (κ1) is 14.4. The third-order valence-electron chi connectivity index (χ3n) is 2.40. The molecule has 1 amide bonds. The fourth-order valence-electron chi connectivity index (χ4n) is 1.45. The fourth-order valence-corrected chi connectivity index (χ4v) is 2.13. The Kier molecular flexibility index (Phi) is 4.03. The molecule has 1 aromatic carbocycles. The lowest BCUT2D eigenvalue weighted by atomic mass is 10.3. The van der Waals surface area contributed by atoms with Crippen molar-refractivity contribution in [2.24, 2.45) is 5.14 Å². The summed E-state index contributed by atoms with van der Waals surface area (Å²) >= 11 is 5.76. The highest BCUT2D eigenvalue weighted by Gasteiger charge is 2.10. The van der Waals surface area contributed by atoms with Crippen molar-refractivity contribution in [1.82, 2.24) is 4.98 Å². The molecule has 0 aliphatic rings. The van der Waals surface area contributed by atoms with Gasteiger partial charge in [0.15, 0.2) is 0 Å². The Morgan fingerprint density at radius 1 is 1.20 bits per heavy atom. The third kappa shape index (κ3) is 3.53. The predicted molar refractivity (Wildman–Crippen MR) is 75.0 cm³/mol. The molecule has 0 saturated heterocycles. The Hall–Kier alpha value is -1.96. The molecule has 1 heterocycles. The van der Waals surface area contributed by atoms with Gasteiger partial charge in [0.05, 0.1) is 4.90 Å². The van der Waals surface area contributed by atoms with Gasteiger partial charge in [-0.15, -0.1) is 0 Å². The second-order valence-electron chi connectivity index (χ2n) is 3.88. The fraction of sp³-hybridized carbons (Fsp3) is 0. The smallest absolute Gasteiger partial charge is 0.274 e. The van der Waals surface area contributed by atoms with Gasteiger partial charge in [-0.1, -0.05) is 11.6 Å². The molecule has 0 bridgehead atoms. The SMILES string of the molecule is NS(=O)(=O)c1ccc(NC(=O)c2cc(Cl)ccn2)cc1. The number of nitrogens with zero attached hydrogens (tertiary/aromatic N) is 1. The van der Waals surface area contributed by atoms with Crippen molar-refractivity contribution in [2.45, 2.75) is 4.90 Å². The minimum Gasteiger partial charge on any atom is -0.321 e. The number of nitrogens with one attached hydrogen (secondary N) is 1. The lowest BCUT2D eigenvalue weighted by Gasteiger charge is -2.05. The summed E-state index contributed by atoms with van der Waals surface area (Å²) in [7, 11) is -3.75. The summed E-state index contributed by atoms with van der Waals surface area (Å²) in [6.07, 6.45) is 1.42. The summed E-state index contributed by atoms with van der Waals surface area (Å²) < 4.78 is 22.2. The molecule has 0 fully saturated rings. The number of carbonyl (C=O) groups excluding carboxylic acids is 1. The topological polar surface area (TPSA) is 102 Å². The van der Waals surface area contributed by atoms with E-state index in [9.17, 15) is 13.2 Å². The molecule has 0 aliphatic heterocycles. The number of benzene rings is 1. The molecule has 1 aromatic heterocycles. The van der Waals surface area contributed by atoms with E-state index in [-0.39, 0.29) is 10.6 Å². The Morgan fingerprint density at radius 3 is 2.40 bits per heavy atom. The number of hydrogen-bond acceptors (Lipinski definition) is 4. The zero-order chi connectivity index (χ0) is 14.8. The molecule has 6 nitrogen and oxygen atoms in total. The quantitative estimate of drug-likeness (QED) is 0.899. The summed E-state index contributed by atoms with van der Waals surface area (Å²) in [5, 5.41) is 7.94. The van der Waals surface area contributed by atoms with Crippen LogP contribution in [0.4, 0.5) is 5.69 Å². The summed E-state index contributed by atoms with van der Waals surface area (Å²) in [4.78, 5) is 15.7. The van der Waals surface area contributed by atoms with Gasteiger partial charge in [0.2, 0.25) is 10.0 Å². The van der Waals surface area contributed by atoms with Crippen LogP contribution in [0.1, 0.15) is 10.5 Å². The molecule has 2 rings (SSSR count). The van der Waals surface area contributed by atoms with Crippen molar-refractivity contribution in [3.8, 4) is 0 Å². The van der Waals surface area contributed by atoms with Crippen LogP contribution in [0.2, 0.25) is 5.02 Å².